The van der Waals surface area contributed by atoms with E-state index in [1.165, 1.54) is 11.1 Å². The summed E-state index contributed by atoms with van der Waals surface area (Å²) in [7, 11) is 0. The molecule has 0 radical (unpaired) electrons. The monoisotopic (exact) mass is 428 g/mol. The van der Waals surface area contributed by atoms with E-state index in [1.807, 2.05) is 48.9 Å². The first-order chi connectivity index (χ1) is 15.6. The zero-order valence-electron chi connectivity index (χ0n) is 18.5. The van der Waals surface area contributed by atoms with Gasteiger partial charge >= 0.3 is 0 Å². The molecule has 0 aliphatic carbocycles. The Balaban J connectivity index is 1.59. The molecule has 0 saturated carbocycles. The van der Waals surface area contributed by atoms with Gasteiger partial charge in [-0.15, -0.1) is 5.10 Å². The second kappa shape index (κ2) is 8.82. The van der Waals surface area contributed by atoms with E-state index >= 15 is 0 Å². The molecule has 6 nitrogen and oxygen atoms in total. The van der Waals surface area contributed by atoms with Gasteiger partial charge in [-0.2, -0.15) is 0 Å². The van der Waals surface area contributed by atoms with Crippen molar-refractivity contribution in [2.24, 2.45) is 0 Å². The summed E-state index contributed by atoms with van der Waals surface area (Å²) in [6.45, 7) is 5.90. The molecule has 2 heterocycles. The summed E-state index contributed by atoms with van der Waals surface area (Å²) in [6.07, 6.45) is -0.382. The number of aromatic nitrogens is 3. The van der Waals surface area contributed by atoms with Gasteiger partial charge in [-0.05, 0) is 37.1 Å². The molecule has 1 saturated heterocycles. The van der Waals surface area contributed by atoms with E-state index in [-0.39, 0.29) is 12.3 Å². The van der Waals surface area contributed by atoms with Crippen LogP contribution < -0.4 is 0 Å². The molecule has 4 aromatic rings. The van der Waals surface area contributed by atoms with Gasteiger partial charge in [-0.25, -0.2) is 4.68 Å². The Labute approximate surface area is 188 Å². The highest BCUT2D eigenvalue weighted by molar-refractivity contribution is 5.74. The van der Waals surface area contributed by atoms with Crippen LogP contribution >= 0.6 is 0 Å². The second-order valence-corrected chi connectivity index (χ2v) is 8.68. The second-order valence-electron chi connectivity index (χ2n) is 8.68. The van der Waals surface area contributed by atoms with Gasteiger partial charge in [-0.3, -0.25) is 4.90 Å². The Hall–Kier alpha value is -3.06. The molecule has 1 unspecified atom stereocenters. The van der Waals surface area contributed by atoms with E-state index in [2.05, 4.69) is 69.8 Å². The van der Waals surface area contributed by atoms with Crippen LogP contribution in [0.2, 0.25) is 0 Å². The van der Waals surface area contributed by atoms with Gasteiger partial charge in [0.15, 0.2) is 5.79 Å². The van der Waals surface area contributed by atoms with Crippen molar-refractivity contribution >= 4 is 11.0 Å². The lowest BCUT2D eigenvalue weighted by atomic mass is 10.1. The predicted molar refractivity (Wildman–Crippen MR) is 124 cm³/mol. The Morgan fingerprint density at radius 1 is 0.906 bits per heavy atom. The average molecular weight is 429 g/mol. The molecular formula is C26H28N4O2. The van der Waals surface area contributed by atoms with Crippen molar-refractivity contribution < 1.29 is 9.47 Å². The quantitative estimate of drug-likeness (QED) is 0.424. The molecule has 6 heteroatoms. The average Bonchev–Trinajstić information content (AvgIpc) is 3.39. The van der Waals surface area contributed by atoms with Crippen molar-refractivity contribution in [2.45, 2.75) is 45.0 Å². The minimum Gasteiger partial charge on any atom is -0.348 e. The largest absolute Gasteiger partial charge is 0.348 e. The number of hydrogen-bond donors (Lipinski definition) is 0. The molecule has 32 heavy (non-hydrogen) atoms. The first-order valence-corrected chi connectivity index (χ1v) is 11.0. The highest BCUT2D eigenvalue weighted by Crippen LogP contribution is 2.34. The summed E-state index contributed by atoms with van der Waals surface area (Å²) in [5.74, 6) is -0.634. The Morgan fingerprint density at radius 3 is 2.09 bits per heavy atom. The summed E-state index contributed by atoms with van der Waals surface area (Å²) in [5.41, 5.74) is 4.32. The Kier molecular flexibility index (Phi) is 5.74. The SMILES string of the molecule is CC1(C)OC[C@H](C(N(Cc2ccccc2)Cc2ccccc2)n2nnc3ccccc32)O1. The standard InChI is InChI=1S/C26H28N4O2/c1-26(2)31-19-24(32-26)25(30-23-16-10-9-15-22(23)27-28-30)29(17-20-11-5-3-6-12-20)18-21-13-7-4-8-14-21/h3-16,24-25H,17-19H2,1-2H3/t24-,25?/m1/s1. The molecule has 2 atom stereocenters. The van der Waals surface area contributed by atoms with Crippen LogP contribution in [0.15, 0.2) is 84.9 Å². The lowest BCUT2D eigenvalue weighted by Gasteiger charge is -2.35. The normalized spacial score (nSPS) is 18.9. The fourth-order valence-corrected chi connectivity index (χ4v) is 4.37. The van der Waals surface area contributed by atoms with E-state index in [0.29, 0.717) is 6.61 Å². The van der Waals surface area contributed by atoms with Gasteiger partial charge in [0.05, 0.1) is 12.1 Å². The highest BCUT2D eigenvalue weighted by Gasteiger charge is 2.42. The molecular weight excluding hydrogens is 400 g/mol. The van der Waals surface area contributed by atoms with Crippen LogP contribution in [0, 0.1) is 0 Å². The highest BCUT2D eigenvalue weighted by atomic mass is 16.7. The van der Waals surface area contributed by atoms with E-state index in [0.717, 1.165) is 24.1 Å². The fourth-order valence-electron chi connectivity index (χ4n) is 4.37. The van der Waals surface area contributed by atoms with Crippen molar-refractivity contribution in [3.05, 3.63) is 96.1 Å². The zero-order chi connectivity index (χ0) is 22.0. The summed E-state index contributed by atoms with van der Waals surface area (Å²) in [4.78, 5) is 2.40. The summed E-state index contributed by atoms with van der Waals surface area (Å²) < 4.78 is 14.4. The number of benzene rings is 3. The molecule has 5 rings (SSSR count). The molecule has 1 aliphatic rings. The van der Waals surface area contributed by atoms with Crippen LogP contribution in [-0.4, -0.2) is 38.4 Å². The minimum absolute atomic E-state index is 0.190. The number of hydrogen-bond acceptors (Lipinski definition) is 5. The third-order valence-corrected chi connectivity index (χ3v) is 5.82. The van der Waals surface area contributed by atoms with Gasteiger partial charge < -0.3 is 9.47 Å². The summed E-state index contributed by atoms with van der Waals surface area (Å²) in [6, 6.07) is 29.1. The number of nitrogens with zero attached hydrogens (tertiary/aromatic N) is 4. The number of fused-ring (bicyclic) bond motifs is 1. The first kappa shape index (κ1) is 20.8. The predicted octanol–water partition coefficient (Wildman–Crippen LogP) is 4.78. The molecule has 1 aliphatic heterocycles. The molecule has 0 N–H and O–H groups in total. The molecule has 1 aromatic heterocycles. The summed E-state index contributed by atoms with van der Waals surface area (Å²) in [5, 5.41) is 9.02. The number of rotatable bonds is 7. The van der Waals surface area contributed by atoms with Crippen LogP contribution in [0.25, 0.3) is 11.0 Å². The smallest absolute Gasteiger partial charge is 0.163 e. The minimum atomic E-state index is -0.634. The summed E-state index contributed by atoms with van der Waals surface area (Å²) >= 11 is 0. The molecule has 164 valence electrons. The van der Waals surface area contributed by atoms with Gasteiger partial charge in [0, 0.05) is 13.1 Å². The number of ether oxygens (including phenoxy) is 2. The number of para-hydroxylation sites is 1. The van der Waals surface area contributed by atoms with Gasteiger partial charge in [0.2, 0.25) is 0 Å². The van der Waals surface area contributed by atoms with Crippen LogP contribution in [0.1, 0.15) is 31.1 Å². The van der Waals surface area contributed by atoms with E-state index in [4.69, 9.17) is 9.47 Å². The van der Waals surface area contributed by atoms with Crippen molar-refractivity contribution in [3.8, 4) is 0 Å². The Bertz CT molecular complexity index is 1120. The van der Waals surface area contributed by atoms with Crippen LogP contribution in [0.3, 0.4) is 0 Å². The Morgan fingerprint density at radius 2 is 1.50 bits per heavy atom. The third kappa shape index (κ3) is 4.43. The van der Waals surface area contributed by atoms with Gasteiger partial charge in [0.25, 0.3) is 0 Å². The van der Waals surface area contributed by atoms with Crippen LogP contribution in [0.4, 0.5) is 0 Å². The molecule has 1 fully saturated rings. The van der Waals surface area contributed by atoms with Crippen molar-refractivity contribution in [1.82, 2.24) is 19.9 Å². The van der Waals surface area contributed by atoms with Crippen LogP contribution in [0.5, 0.6) is 0 Å². The topological polar surface area (TPSA) is 52.4 Å². The molecule has 0 bridgehead atoms. The maximum Gasteiger partial charge on any atom is 0.163 e. The van der Waals surface area contributed by atoms with E-state index in [9.17, 15) is 0 Å². The maximum atomic E-state index is 6.39. The van der Waals surface area contributed by atoms with Crippen LogP contribution in [-0.2, 0) is 22.6 Å². The maximum absolute atomic E-state index is 6.39. The third-order valence-electron chi connectivity index (χ3n) is 5.82. The first-order valence-electron chi connectivity index (χ1n) is 11.0. The van der Waals surface area contributed by atoms with Crippen molar-refractivity contribution in [1.29, 1.82) is 0 Å². The lowest BCUT2D eigenvalue weighted by Crippen LogP contribution is -2.42. The van der Waals surface area contributed by atoms with Crippen molar-refractivity contribution in [2.75, 3.05) is 6.61 Å². The molecule has 0 amide bonds. The zero-order valence-corrected chi connectivity index (χ0v) is 18.5. The van der Waals surface area contributed by atoms with E-state index in [1.54, 1.807) is 0 Å². The van der Waals surface area contributed by atoms with E-state index < -0.39 is 5.79 Å². The lowest BCUT2D eigenvalue weighted by molar-refractivity contribution is -0.153. The fraction of sp³-hybridized carbons (Fsp3) is 0.308. The van der Waals surface area contributed by atoms with Gasteiger partial charge in [0.1, 0.15) is 17.8 Å². The molecule has 0 spiro atoms. The molecule has 3 aromatic carbocycles. The van der Waals surface area contributed by atoms with Gasteiger partial charge in [-0.1, -0.05) is 78.0 Å². The van der Waals surface area contributed by atoms with Crippen molar-refractivity contribution in [3.63, 3.8) is 0 Å².